The number of para-hydroxylation sites is 1. The molecule has 1 aromatic carbocycles. The summed E-state index contributed by atoms with van der Waals surface area (Å²) < 4.78 is 5.52. The lowest BCUT2D eigenvalue weighted by Gasteiger charge is -2.27. The van der Waals surface area contributed by atoms with Gasteiger partial charge in [0.05, 0.1) is 12.6 Å². The predicted octanol–water partition coefficient (Wildman–Crippen LogP) is 3.17. The van der Waals surface area contributed by atoms with Gasteiger partial charge in [0.2, 0.25) is 5.91 Å². The van der Waals surface area contributed by atoms with Crippen molar-refractivity contribution in [1.29, 1.82) is 0 Å². The monoisotopic (exact) mass is 534 g/mol. The van der Waals surface area contributed by atoms with Gasteiger partial charge in [0, 0.05) is 17.8 Å². The lowest BCUT2D eigenvalue weighted by atomic mass is 9.95. The van der Waals surface area contributed by atoms with Crippen molar-refractivity contribution in [2.24, 2.45) is 5.92 Å². The number of amides is 3. The van der Waals surface area contributed by atoms with Gasteiger partial charge in [-0.3, -0.25) is 14.5 Å². The second-order valence-electron chi connectivity index (χ2n) is 11.1. The summed E-state index contributed by atoms with van der Waals surface area (Å²) in [5.74, 6) is -0.0589. The Morgan fingerprint density at radius 1 is 1.13 bits per heavy atom. The number of nitrogens with one attached hydrogen (secondary N) is 4. The summed E-state index contributed by atoms with van der Waals surface area (Å²) in [7, 11) is 0. The van der Waals surface area contributed by atoms with Crippen molar-refractivity contribution in [3.05, 3.63) is 59.2 Å². The van der Waals surface area contributed by atoms with Crippen LogP contribution < -0.4 is 15.5 Å². The smallest absolute Gasteiger partial charge is 0.408 e. The third kappa shape index (κ3) is 5.94. The average Bonchev–Trinajstić information content (AvgIpc) is 3.71. The van der Waals surface area contributed by atoms with Gasteiger partial charge in [0.15, 0.2) is 5.82 Å². The van der Waals surface area contributed by atoms with Crippen molar-refractivity contribution in [3.8, 4) is 0 Å². The van der Waals surface area contributed by atoms with Crippen molar-refractivity contribution in [2.75, 3.05) is 4.90 Å². The van der Waals surface area contributed by atoms with Gasteiger partial charge in [-0.2, -0.15) is 5.21 Å². The molecular weight excluding hydrogens is 500 g/mol. The molecule has 3 heterocycles. The molecule has 3 aromatic rings. The molecule has 206 valence electrons. The summed E-state index contributed by atoms with van der Waals surface area (Å²) in [5.41, 5.74) is 2.06. The third-order valence-electron chi connectivity index (χ3n) is 7.12. The van der Waals surface area contributed by atoms with Crippen LogP contribution in [0.3, 0.4) is 0 Å². The number of carbonyl (C=O) groups excluding carboxylic acids is 3. The van der Waals surface area contributed by atoms with Crippen LogP contribution >= 0.6 is 0 Å². The molecule has 0 bridgehead atoms. The van der Waals surface area contributed by atoms with E-state index >= 15 is 0 Å². The summed E-state index contributed by atoms with van der Waals surface area (Å²) >= 11 is 0. The highest BCUT2D eigenvalue weighted by Gasteiger charge is 2.39. The molecule has 2 aliphatic rings. The first-order valence-corrected chi connectivity index (χ1v) is 13.3. The van der Waals surface area contributed by atoms with Gasteiger partial charge in [-0.25, -0.2) is 4.79 Å². The fourth-order valence-corrected chi connectivity index (χ4v) is 5.41. The molecule has 12 heteroatoms. The number of hydrogen-bond donors (Lipinski definition) is 4. The minimum Gasteiger partial charge on any atom is -0.444 e. The van der Waals surface area contributed by atoms with Crippen LogP contribution in [0.15, 0.2) is 36.4 Å². The van der Waals surface area contributed by atoms with E-state index in [0.29, 0.717) is 23.6 Å². The molecule has 1 aliphatic heterocycles. The number of fused-ring (bicyclic) bond motifs is 1. The zero-order chi connectivity index (χ0) is 27.6. The molecule has 1 saturated carbocycles. The Hall–Kier alpha value is -4.22. The molecule has 0 saturated heterocycles. The van der Waals surface area contributed by atoms with Crippen LogP contribution in [0, 0.1) is 5.92 Å². The number of alkyl carbamates (subject to hydrolysis) is 1. The predicted molar refractivity (Wildman–Crippen MR) is 142 cm³/mol. The number of H-pyrrole nitrogens is 2. The topological polar surface area (TPSA) is 158 Å². The molecule has 39 heavy (non-hydrogen) atoms. The largest absolute Gasteiger partial charge is 0.444 e. The molecule has 2 aromatic heterocycles. The first kappa shape index (κ1) is 26.4. The maximum atomic E-state index is 13.9. The van der Waals surface area contributed by atoms with Gasteiger partial charge < -0.3 is 20.4 Å². The lowest BCUT2D eigenvalue weighted by Crippen LogP contribution is -2.48. The molecule has 1 aliphatic carbocycles. The molecule has 12 nitrogen and oxygen atoms in total. The Labute approximate surface area is 226 Å². The maximum Gasteiger partial charge on any atom is 0.408 e. The van der Waals surface area contributed by atoms with Gasteiger partial charge in [0.1, 0.15) is 17.3 Å². The van der Waals surface area contributed by atoms with Gasteiger partial charge in [0.25, 0.3) is 5.91 Å². The van der Waals surface area contributed by atoms with E-state index in [1.807, 2.05) is 51.1 Å². The zero-order valence-electron chi connectivity index (χ0n) is 22.4. The number of hydrogen-bond acceptors (Lipinski definition) is 7. The fourth-order valence-electron chi connectivity index (χ4n) is 5.41. The van der Waals surface area contributed by atoms with Gasteiger partial charge in [-0.15, -0.1) is 10.2 Å². The van der Waals surface area contributed by atoms with Crippen molar-refractivity contribution in [3.63, 3.8) is 0 Å². The number of benzene rings is 1. The molecule has 1 fully saturated rings. The second kappa shape index (κ2) is 10.9. The number of aromatic amines is 2. The summed E-state index contributed by atoms with van der Waals surface area (Å²) in [5, 5.41) is 19.4. The average molecular weight is 535 g/mol. The molecule has 4 N–H and O–H groups in total. The Morgan fingerprint density at radius 3 is 2.62 bits per heavy atom. The number of nitrogens with zero attached hydrogens (tertiary/aromatic N) is 4. The normalized spacial score (nSPS) is 18.0. The van der Waals surface area contributed by atoms with Crippen molar-refractivity contribution < 1.29 is 19.1 Å². The Morgan fingerprint density at radius 2 is 1.90 bits per heavy atom. The molecule has 2 atom stereocenters. The summed E-state index contributed by atoms with van der Waals surface area (Å²) in [6, 6.07) is 10.00. The highest BCUT2D eigenvalue weighted by molar-refractivity contribution is 6.10. The quantitative estimate of drug-likeness (QED) is 0.362. The number of rotatable bonds is 7. The number of aromatic nitrogens is 5. The van der Waals surface area contributed by atoms with E-state index in [0.717, 1.165) is 36.9 Å². The highest BCUT2D eigenvalue weighted by Crippen LogP contribution is 2.37. The van der Waals surface area contributed by atoms with E-state index < -0.39 is 17.7 Å². The second-order valence-corrected chi connectivity index (χ2v) is 11.1. The number of anilines is 1. The van der Waals surface area contributed by atoms with E-state index in [4.69, 9.17) is 4.74 Å². The van der Waals surface area contributed by atoms with E-state index in [9.17, 15) is 14.4 Å². The highest BCUT2D eigenvalue weighted by atomic mass is 16.6. The minimum atomic E-state index is -0.737. The fraction of sp³-hybridized carbons (Fsp3) is 0.481. The van der Waals surface area contributed by atoms with Crippen molar-refractivity contribution in [1.82, 2.24) is 36.2 Å². The van der Waals surface area contributed by atoms with Crippen LogP contribution in [0.2, 0.25) is 0 Å². The van der Waals surface area contributed by atoms with E-state index in [1.54, 1.807) is 6.07 Å². The van der Waals surface area contributed by atoms with Gasteiger partial charge in [-0.05, 0) is 63.3 Å². The van der Waals surface area contributed by atoms with E-state index in [2.05, 4.69) is 36.2 Å². The molecule has 0 unspecified atom stereocenters. The van der Waals surface area contributed by atoms with Crippen molar-refractivity contribution >= 4 is 23.6 Å². The van der Waals surface area contributed by atoms with Crippen LogP contribution in [0.4, 0.5) is 10.5 Å². The molecular formula is C27H34N8O4. The van der Waals surface area contributed by atoms with E-state index in [-0.39, 0.29) is 30.3 Å². The Balaban J connectivity index is 1.37. The van der Waals surface area contributed by atoms with Crippen LogP contribution in [0.25, 0.3) is 0 Å². The number of carbonyl (C=O) groups is 3. The summed E-state index contributed by atoms with van der Waals surface area (Å²) in [6.45, 7) is 5.57. The molecule has 0 radical (unpaired) electrons. The molecule has 5 rings (SSSR count). The SMILES string of the molecule is CC(C)(C)OC(=O)N[C@H](c1ccc(C(=O)N2c3ccccc3C[C@H]2C(=O)NCc2nn[nH]n2)[nH]1)C1CCCC1. The van der Waals surface area contributed by atoms with Gasteiger partial charge in [-0.1, -0.05) is 36.3 Å². The minimum absolute atomic E-state index is 0.0935. The summed E-state index contributed by atoms with van der Waals surface area (Å²) in [6.07, 6.45) is 4.03. The summed E-state index contributed by atoms with van der Waals surface area (Å²) in [4.78, 5) is 44.6. The van der Waals surface area contributed by atoms with Crippen LogP contribution in [0.5, 0.6) is 0 Å². The Kier molecular flexibility index (Phi) is 7.36. The standard InChI is InChI=1S/C27H34N8O4/c1-27(2,3)39-26(38)30-23(16-8-4-5-9-16)18-12-13-19(29-18)25(37)35-20-11-7-6-10-17(20)14-21(35)24(36)28-15-22-31-33-34-32-22/h6-7,10-13,16,21,23,29H,4-5,8-9,14-15H2,1-3H3,(H,28,36)(H,30,38)(H,31,32,33,34)/t21-,23-/m0/s1. The van der Waals surface area contributed by atoms with Crippen LogP contribution in [0.1, 0.15) is 80.1 Å². The van der Waals surface area contributed by atoms with Gasteiger partial charge >= 0.3 is 6.09 Å². The zero-order valence-corrected chi connectivity index (χ0v) is 22.4. The molecule has 0 spiro atoms. The first-order valence-electron chi connectivity index (χ1n) is 13.3. The molecule has 3 amide bonds. The van der Waals surface area contributed by atoms with Crippen LogP contribution in [-0.4, -0.2) is 55.2 Å². The lowest BCUT2D eigenvalue weighted by molar-refractivity contribution is -0.122. The Bertz CT molecular complexity index is 1320. The number of ether oxygens (including phenoxy) is 1. The van der Waals surface area contributed by atoms with Crippen molar-refractivity contribution in [2.45, 2.75) is 77.1 Å². The van der Waals surface area contributed by atoms with Crippen LogP contribution in [-0.2, 0) is 22.5 Å². The van der Waals surface area contributed by atoms with E-state index in [1.165, 1.54) is 4.90 Å². The third-order valence-corrected chi connectivity index (χ3v) is 7.12. The first-order chi connectivity index (χ1) is 18.7. The maximum absolute atomic E-state index is 13.9. The number of tetrazole rings is 1.